The molecule has 1 aromatic rings. The minimum absolute atomic E-state index is 0.118. The zero-order chi connectivity index (χ0) is 14.9. The van der Waals surface area contributed by atoms with E-state index in [0.717, 1.165) is 11.8 Å². The van der Waals surface area contributed by atoms with Gasteiger partial charge in [0.2, 0.25) is 0 Å². The van der Waals surface area contributed by atoms with Crippen LogP contribution in [0, 0.1) is 37.5 Å². The second kappa shape index (κ2) is 4.12. The molecule has 0 saturated heterocycles. The van der Waals surface area contributed by atoms with Gasteiger partial charge < -0.3 is 15.4 Å². The van der Waals surface area contributed by atoms with E-state index in [-0.39, 0.29) is 11.6 Å². The summed E-state index contributed by atoms with van der Waals surface area (Å²) < 4.78 is 0. The van der Waals surface area contributed by atoms with Gasteiger partial charge >= 0.3 is 5.97 Å². The number of hydrogen-bond donors (Lipinski definition) is 3. The van der Waals surface area contributed by atoms with Crippen molar-refractivity contribution in [3.05, 3.63) is 22.5 Å². The van der Waals surface area contributed by atoms with E-state index >= 15 is 0 Å². The van der Waals surface area contributed by atoms with E-state index in [2.05, 4.69) is 10.3 Å². The van der Waals surface area contributed by atoms with Crippen LogP contribution in [0.25, 0.3) is 0 Å². The minimum Gasteiger partial charge on any atom is -0.477 e. The number of aromatic nitrogens is 1. The van der Waals surface area contributed by atoms with Crippen molar-refractivity contribution in [3.63, 3.8) is 0 Å². The van der Waals surface area contributed by atoms with Crippen molar-refractivity contribution < 1.29 is 14.7 Å². The summed E-state index contributed by atoms with van der Waals surface area (Å²) in [6, 6.07) is 0.325. The molecule has 5 nitrogen and oxygen atoms in total. The Morgan fingerprint density at radius 1 is 1.19 bits per heavy atom. The average Bonchev–Trinajstić information content (AvgIpc) is 2.78. The second-order valence-electron chi connectivity index (χ2n) is 6.92. The number of carbonyl (C=O) groups excluding carboxylic acids is 1. The van der Waals surface area contributed by atoms with Gasteiger partial charge in [-0.15, -0.1) is 0 Å². The fraction of sp³-hybridized carbons (Fsp3) is 0.625. The summed E-state index contributed by atoms with van der Waals surface area (Å²) in [7, 11) is 0. The van der Waals surface area contributed by atoms with E-state index in [4.69, 9.17) is 5.11 Å². The Hall–Kier alpha value is -1.78. The average molecular weight is 288 g/mol. The Kier molecular flexibility index (Phi) is 2.53. The standard InChI is InChI=1S/C16H20N2O3/c1-6-10(7(2)17-13(6)16(20)21)15(19)18-14-11-8-3-4-9(5-8)12(11)14/h8-9,11-12,14,17H,3-5H2,1-2H3,(H,18,19)(H,20,21). The van der Waals surface area contributed by atoms with E-state index in [1.54, 1.807) is 13.8 Å². The molecular weight excluding hydrogens is 268 g/mol. The first-order valence-corrected chi connectivity index (χ1v) is 7.72. The molecule has 4 atom stereocenters. The zero-order valence-electron chi connectivity index (χ0n) is 12.3. The Morgan fingerprint density at radius 3 is 2.33 bits per heavy atom. The van der Waals surface area contributed by atoms with E-state index < -0.39 is 5.97 Å². The van der Waals surface area contributed by atoms with Crippen molar-refractivity contribution in [3.8, 4) is 0 Å². The van der Waals surface area contributed by atoms with Crippen molar-refractivity contribution in [2.24, 2.45) is 23.7 Å². The first kappa shape index (κ1) is 12.9. The largest absolute Gasteiger partial charge is 0.477 e. The summed E-state index contributed by atoms with van der Waals surface area (Å²) in [6.45, 7) is 3.45. The number of aromatic amines is 1. The number of aryl methyl sites for hydroxylation is 1. The first-order chi connectivity index (χ1) is 9.99. The molecule has 3 aliphatic rings. The summed E-state index contributed by atoms with van der Waals surface area (Å²) in [5, 5.41) is 12.3. The van der Waals surface area contributed by atoms with Crippen molar-refractivity contribution in [1.29, 1.82) is 0 Å². The Bertz CT molecular complexity index is 632. The molecular formula is C16H20N2O3. The molecule has 3 N–H and O–H groups in total. The molecule has 4 unspecified atom stereocenters. The lowest BCUT2D eigenvalue weighted by atomic mass is 10.0. The topological polar surface area (TPSA) is 82.2 Å². The molecule has 0 aliphatic heterocycles. The van der Waals surface area contributed by atoms with Crippen LogP contribution in [0.2, 0.25) is 0 Å². The molecule has 3 saturated carbocycles. The van der Waals surface area contributed by atoms with Crippen LogP contribution >= 0.6 is 0 Å². The van der Waals surface area contributed by atoms with E-state index in [9.17, 15) is 9.59 Å². The van der Waals surface area contributed by atoms with Gasteiger partial charge in [-0.3, -0.25) is 4.79 Å². The number of carbonyl (C=O) groups is 2. The van der Waals surface area contributed by atoms with Gasteiger partial charge in [-0.25, -0.2) is 4.79 Å². The van der Waals surface area contributed by atoms with Gasteiger partial charge in [0.1, 0.15) is 5.69 Å². The third-order valence-corrected chi connectivity index (χ3v) is 5.91. The van der Waals surface area contributed by atoms with Crippen LogP contribution in [0.3, 0.4) is 0 Å². The Labute approximate surface area is 123 Å². The molecule has 0 spiro atoms. The number of carboxylic acid groups (broad SMARTS) is 1. The summed E-state index contributed by atoms with van der Waals surface area (Å²) >= 11 is 0. The molecule has 3 aliphatic carbocycles. The molecule has 1 heterocycles. The molecule has 2 bridgehead atoms. The maximum atomic E-state index is 12.5. The highest BCUT2D eigenvalue weighted by molar-refractivity contribution is 6.01. The highest BCUT2D eigenvalue weighted by Gasteiger charge is 2.65. The fourth-order valence-corrected chi connectivity index (χ4v) is 5.05. The number of carboxylic acids is 1. The number of hydrogen-bond acceptors (Lipinski definition) is 2. The maximum absolute atomic E-state index is 12.5. The summed E-state index contributed by atoms with van der Waals surface area (Å²) in [5.41, 5.74) is 1.79. The smallest absolute Gasteiger partial charge is 0.352 e. The van der Waals surface area contributed by atoms with Crippen LogP contribution in [-0.4, -0.2) is 28.0 Å². The number of H-pyrrole nitrogens is 1. The monoisotopic (exact) mass is 288 g/mol. The second-order valence-corrected chi connectivity index (χ2v) is 6.92. The van der Waals surface area contributed by atoms with Crippen molar-refractivity contribution in [2.75, 3.05) is 0 Å². The van der Waals surface area contributed by atoms with Crippen molar-refractivity contribution in [1.82, 2.24) is 10.3 Å². The predicted molar refractivity (Wildman–Crippen MR) is 76.3 cm³/mol. The van der Waals surface area contributed by atoms with E-state index in [0.29, 0.717) is 34.7 Å². The van der Waals surface area contributed by atoms with Gasteiger partial charge in [-0.1, -0.05) is 0 Å². The van der Waals surface area contributed by atoms with Gasteiger partial charge in [-0.2, -0.15) is 0 Å². The third kappa shape index (κ3) is 1.69. The Morgan fingerprint density at radius 2 is 1.81 bits per heavy atom. The Balaban J connectivity index is 1.53. The summed E-state index contributed by atoms with van der Waals surface area (Å²) in [5.74, 6) is 1.86. The molecule has 0 radical (unpaired) electrons. The van der Waals surface area contributed by atoms with Gasteiger partial charge in [0.25, 0.3) is 5.91 Å². The molecule has 4 rings (SSSR count). The maximum Gasteiger partial charge on any atom is 0.352 e. The number of amides is 1. The molecule has 112 valence electrons. The quantitative estimate of drug-likeness (QED) is 0.796. The lowest BCUT2D eigenvalue weighted by molar-refractivity contribution is 0.0690. The molecule has 5 heteroatoms. The molecule has 21 heavy (non-hydrogen) atoms. The highest BCUT2D eigenvalue weighted by Crippen LogP contribution is 2.65. The third-order valence-electron chi connectivity index (χ3n) is 5.91. The van der Waals surface area contributed by atoms with Crippen LogP contribution in [-0.2, 0) is 0 Å². The van der Waals surface area contributed by atoms with Crippen LogP contribution < -0.4 is 5.32 Å². The lowest BCUT2D eigenvalue weighted by Gasteiger charge is -2.11. The SMILES string of the molecule is Cc1[nH]c(C(=O)O)c(C)c1C(=O)NC1C2C3CCC(C3)C12. The number of rotatable bonds is 3. The van der Waals surface area contributed by atoms with Gasteiger partial charge in [0.15, 0.2) is 0 Å². The van der Waals surface area contributed by atoms with Crippen LogP contribution in [0.4, 0.5) is 0 Å². The number of fused-ring (bicyclic) bond motifs is 5. The van der Waals surface area contributed by atoms with Crippen LogP contribution in [0.1, 0.15) is 51.4 Å². The molecule has 3 fully saturated rings. The molecule has 1 amide bonds. The summed E-state index contributed by atoms with van der Waals surface area (Å²) in [4.78, 5) is 26.5. The first-order valence-electron chi connectivity index (χ1n) is 7.72. The lowest BCUT2D eigenvalue weighted by Crippen LogP contribution is -2.30. The number of aromatic carboxylic acids is 1. The van der Waals surface area contributed by atoms with Crippen molar-refractivity contribution in [2.45, 2.75) is 39.2 Å². The van der Waals surface area contributed by atoms with Gasteiger partial charge in [-0.05, 0) is 62.3 Å². The molecule has 1 aromatic heterocycles. The minimum atomic E-state index is -1.02. The van der Waals surface area contributed by atoms with Crippen LogP contribution in [0.5, 0.6) is 0 Å². The number of nitrogens with one attached hydrogen (secondary N) is 2. The van der Waals surface area contributed by atoms with Crippen LogP contribution in [0.15, 0.2) is 0 Å². The van der Waals surface area contributed by atoms with Gasteiger partial charge in [0.05, 0.1) is 5.56 Å². The zero-order valence-corrected chi connectivity index (χ0v) is 12.3. The molecule has 0 aromatic carbocycles. The summed E-state index contributed by atoms with van der Waals surface area (Å²) in [6.07, 6.45) is 4.00. The van der Waals surface area contributed by atoms with E-state index in [1.165, 1.54) is 19.3 Å². The fourth-order valence-electron chi connectivity index (χ4n) is 5.05. The van der Waals surface area contributed by atoms with Gasteiger partial charge in [0, 0.05) is 11.7 Å². The highest BCUT2D eigenvalue weighted by atomic mass is 16.4. The normalized spacial score (nSPS) is 35.6. The van der Waals surface area contributed by atoms with E-state index in [1.807, 2.05) is 0 Å². The predicted octanol–water partition coefficient (Wildman–Crippen LogP) is 2.10. The van der Waals surface area contributed by atoms with Crippen molar-refractivity contribution >= 4 is 11.9 Å².